The molecule has 2 amide bonds. The molecule has 18 heavy (non-hydrogen) atoms. The standard InChI is InChI=1S/C12H11NO4S/c14-11-10(18-12(15)13-11)5-7-6-16-8-3-1-2-4-9(8)17-7/h1-4,7,10H,5-6H2,(H,13,14,15). The van der Waals surface area contributed by atoms with Gasteiger partial charge in [-0.15, -0.1) is 0 Å². The molecule has 1 aromatic rings. The zero-order chi connectivity index (χ0) is 12.5. The highest BCUT2D eigenvalue weighted by Gasteiger charge is 2.35. The van der Waals surface area contributed by atoms with E-state index in [0.717, 1.165) is 11.8 Å². The average Bonchev–Trinajstić information content (AvgIpc) is 2.68. The molecule has 0 saturated carbocycles. The minimum absolute atomic E-state index is 0.200. The first-order valence-corrected chi connectivity index (χ1v) is 6.50. The number of para-hydroxylation sites is 2. The predicted molar refractivity (Wildman–Crippen MR) is 65.9 cm³/mol. The fraction of sp³-hybridized carbons (Fsp3) is 0.333. The number of hydrogen-bond donors (Lipinski definition) is 1. The fourth-order valence-corrected chi connectivity index (χ4v) is 2.86. The van der Waals surface area contributed by atoms with E-state index in [9.17, 15) is 9.59 Å². The molecule has 2 heterocycles. The summed E-state index contributed by atoms with van der Waals surface area (Å²) in [6.45, 7) is 0.398. The third-order valence-electron chi connectivity index (χ3n) is 2.81. The number of carbonyl (C=O) groups is 2. The van der Waals surface area contributed by atoms with Gasteiger partial charge in [0.15, 0.2) is 11.5 Å². The zero-order valence-electron chi connectivity index (χ0n) is 9.42. The maximum Gasteiger partial charge on any atom is 0.286 e. The molecule has 0 bridgehead atoms. The smallest absolute Gasteiger partial charge is 0.286 e. The van der Waals surface area contributed by atoms with Gasteiger partial charge in [0.05, 0.1) is 5.25 Å². The van der Waals surface area contributed by atoms with Crippen molar-refractivity contribution in [3.63, 3.8) is 0 Å². The van der Waals surface area contributed by atoms with Gasteiger partial charge < -0.3 is 9.47 Å². The Hall–Kier alpha value is -1.69. The number of rotatable bonds is 2. The Balaban J connectivity index is 1.66. The van der Waals surface area contributed by atoms with Crippen molar-refractivity contribution in [1.82, 2.24) is 5.32 Å². The molecule has 2 aliphatic rings. The van der Waals surface area contributed by atoms with E-state index in [1.807, 2.05) is 24.3 Å². The van der Waals surface area contributed by atoms with Crippen LogP contribution in [-0.2, 0) is 4.79 Å². The van der Waals surface area contributed by atoms with Crippen LogP contribution in [0.1, 0.15) is 6.42 Å². The van der Waals surface area contributed by atoms with E-state index in [-0.39, 0.29) is 22.5 Å². The van der Waals surface area contributed by atoms with E-state index in [1.165, 1.54) is 0 Å². The van der Waals surface area contributed by atoms with Gasteiger partial charge in [-0.25, -0.2) is 0 Å². The van der Waals surface area contributed by atoms with E-state index in [4.69, 9.17) is 9.47 Å². The summed E-state index contributed by atoms with van der Waals surface area (Å²) in [6, 6.07) is 7.41. The molecule has 5 nitrogen and oxygen atoms in total. The molecule has 6 heteroatoms. The number of ether oxygens (including phenoxy) is 2. The van der Waals surface area contributed by atoms with Crippen LogP contribution in [0.4, 0.5) is 4.79 Å². The largest absolute Gasteiger partial charge is 0.486 e. The molecule has 0 radical (unpaired) electrons. The van der Waals surface area contributed by atoms with Gasteiger partial charge in [0.25, 0.3) is 5.24 Å². The summed E-state index contributed by atoms with van der Waals surface area (Å²) in [6.07, 6.45) is 0.269. The first kappa shape index (κ1) is 11.4. The van der Waals surface area contributed by atoms with Crippen molar-refractivity contribution in [2.45, 2.75) is 17.8 Å². The lowest BCUT2D eigenvalue weighted by molar-refractivity contribution is -0.119. The fourth-order valence-electron chi connectivity index (χ4n) is 1.97. The summed E-state index contributed by atoms with van der Waals surface area (Å²) >= 11 is 1.01. The molecule has 1 saturated heterocycles. The average molecular weight is 265 g/mol. The Kier molecular flexibility index (Phi) is 2.87. The normalized spacial score (nSPS) is 26.0. The lowest BCUT2D eigenvalue weighted by atomic mass is 10.1. The van der Waals surface area contributed by atoms with Gasteiger partial charge >= 0.3 is 0 Å². The highest BCUT2D eigenvalue weighted by Crippen LogP contribution is 2.33. The van der Waals surface area contributed by atoms with E-state index >= 15 is 0 Å². The molecule has 0 aromatic heterocycles. The van der Waals surface area contributed by atoms with Crippen LogP contribution in [0.5, 0.6) is 11.5 Å². The van der Waals surface area contributed by atoms with Crippen LogP contribution in [0.25, 0.3) is 0 Å². The number of imide groups is 1. The molecule has 1 aromatic carbocycles. The van der Waals surface area contributed by atoms with Crippen LogP contribution < -0.4 is 14.8 Å². The number of nitrogens with one attached hydrogen (secondary N) is 1. The van der Waals surface area contributed by atoms with Crippen LogP contribution in [0, 0.1) is 0 Å². The second kappa shape index (κ2) is 4.53. The van der Waals surface area contributed by atoms with Gasteiger partial charge in [-0.3, -0.25) is 14.9 Å². The van der Waals surface area contributed by atoms with Crippen molar-refractivity contribution < 1.29 is 19.1 Å². The molecule has 2 atom stereocenters. The van der Waals surface area contributed by atoms with E-state index < -0.39 is 0 Å². The number of carbonyl (C=O) groups excluding carboxylic acids is 2. The number of benzene rings is 1. The highest BCUT2D eigenvalue weighted by atomic mass is 32.2. The minimum Gasteiger partial charge on any atom is -0.486 e. The summed E-state index contributed by atoms with van der Waals surface area (Å²) < 4.78 is 11.3. The minimum atomic E-state index is -0.378. The molecule has 1 N–H and O–H groups in total. The third kappa shape index (κ3) is 2.15. The highest BCUT2D eigenvalue weighted by molar-refractivity contribution is 8.15. The van der Waals surface area contributed by atoms with Crippen LogP contribution >= 0.6 is 11.8 Å². The van der Waals surface area contributed by atoms with Crippen molar-refractivity contribution in [3.05, 3.63) is 24.3 Å². The Labute approximate surface area is 108 Å². The number of fused-ring (bicyclic) bond motifs is 1. The lowest BCUT2D eigenvalue weighted by Crippen LogP contribution is -2.34. The summed E-state index contributed by atoms with van der Waals surface area (Å²) in [4.78, 5) is 22.5. The van der Waals surface area contributed by atoms with Gasteiger partial charge in [0, 0.05) is 6.42 Å². The molecular weight excluding hydrogens is 254 g/mol. The summed E-state index contributed by atoms with van der Waals surface area (Å²) in [7, 11) is 0. The molecule has 3 rings (SSSR count). The molecule has 2 aliphatic heterocycles. The molecule has 94 valence electrons. The van der Waals surface area contributed by atoms with Crippen LogP contribution in [0.15, 0.2) is 24.3 Å². The number of thioether (sulfide) groups is 1. The van der Waals surface area contributed by atoms with Crippen molar-refractivity contribution >= 4 is 22.9 Å². The molecule has 0 spiro atoms. The summed E-state index contributed by atoms with van der Waals surface area (Å²) in [5.41, 5.74) is 0. The number of amides is 2. The first-order valence-electron chi connectivity index (χ1n) is 5.62. The topological polar surface area (TPSA) is 64.6 Å². The Morgan fingerprint density at radius 2 is 2.06 bits per heavy atom. The maximum atomic E-state index is 11.5. The van der Waals surface area contributed by atoms with E-state index in [0.29, 0.717) is 24.5 Å². The Morgan fingerprint density at radius 1 is 1.28 bits per heavy atom. The zero-order valence-corrected chi connectivity index (χ0v) is 10.2. The van der Waals surface area contributed by atoms with Gasteiger partial charge in [0.2, 0.25) is 5.91 Å². The SMILES string of the molecule is O=C1NC(=O)C(CC2COc3ccccc3O2)S1. The van der Waals surface area contributed by atoms with Crippen LogP contribution in [-0.4, -0.2) is 29.1 Å². The predicted octanol–water partition coefficient (Wildman–Crippen LogP) is 1.57. The van der Waals surface area contributed by atoms with Crippen molar-refractivity contribution in [2.24, 2.45) is 0 Å². The molecule has 1 fully saturated rings. The summed E-state index contributed by atoms with van der Waals surface area (Å²) in [5.74, 6) is 1.16. The lowest BCUT2D eigenvalue weighted by Gasteiger charge is -2.27. The molecule has 2 unspecified atom stereocenters. The monoisotopic (exact) mass is 265 g/mol. The van der Waals surface area contributed by atoms with Gasteiger partial charge in [-0.1, -0.05) is 23.9 Å². The van der Waals surface area contributed by atoms with E-state index in [2.05, 4.69) is 5.32 Å². The van der Waals surface area contributed by atoms with Gasteiger partial charge in [-0.2, -0.15) is 0 Å². The summed E-state index contributed by atoms with van der Waals surface area (Å²) in [5, 5.41) is 1.60. The van der Waals surface area contributed by atoms with Crippen molar-refractivity contribution in [3.8, 4) is 11.5 Å². The van der Waals surface area contributed by atoms with Crippen LogP contribution in [0.3, 0.4) is 0 Å². The Bertz CT molecular complexity index is 505. The van der Waals surface area contributed by atoms with Gasteiger partial charge in [-0.05, 0) is 12.1 Å². The van der Waals surface area contributed by atoms with Gasteiger partial charge in [0.1, 0.15) is 12.7 Å². The van der Waals surface area contributed by atoms with Crippen molar-refractivity contribution in [2.75, 3.05) is 6.61 Å². The van der Waals surface area contributed by atoms with Crippen LogP contribution in [0.2, 0.25) is 0 Å². The second-order valence-electron chi connectivity index (χ2n) is 4.12. The quantitative estimate of drug-likeness (QED) is 0.879. The third-order valence-corrected chi connectivity index (χ3v) is 3.82. The first-order chi connectivity index (χ1) is 8.72. The number of hydrogen-bond acceptors (Lipinski definition) is 5. The molecular formula is C12H11NO4S. The second-order valence-corrected chi connectivity index (χ2v) is 5.29. The molecule has 0 aliphatic carbocycles. The van der Waals surface area contributed by atoms with E-state index in [1.54, 1.807) is 0 Å². The maximum absolute atomic E-state index is 11.5. The Morgan fingerprint density at radius 3 is 2.78 bits per heavy atom. The van der Waals surface area contributed by atoms with Crippen molar-refractivity contribution in [1.29, 1.82) is 0 Å².